The average molecular weight is 199 g/mol. The Bertz CT molecular complexity index is 297. The van der Waals surface area contributed by atoms with Gasteiger partial charge < -0.3 is 21.1 Å². The molecule has 0 amide bonds. The molecule has 1 unspecified atom stereocenters. The Morgan fingerprint density at radius 1 is 1.71 bits per heavy atom. The van der Waals surface area contributed by atoms with E-state index in [0.717, 1.165) is 0 Å². The molecule has 0 aliphatic heterocycles. The largest absolute Gasteiger partial charge is 0.512 e. The second-order valence-corrected chi connectivity index (χ2v) is 3.45. The summed E-state index contributed by atoms with van der Waals surface area (Å²) in [6, 6.07) is -1.13. The third-order valence-corrected chi connectivity index (χ3v) is 2.07. The summed E-state index contributed by atoms with van der Waals surface area (Å²) >= 11 is 0. The fourth-order valence-electron chi connectivity index (χ4n) is 1.38. The van der Waals surface area contributed by atoms with Crippen LogP contribution >= 0.6 is 0 Å². The normalized spacial score (nSPS) is 28.3. The summed E-state index contributed by atoms with van der Waals surface area (Å²) in [6.07, 6.45) is 4.25. The molecular formula is C9H13NO4. The number of hydrogen-bond acceptors (Lipinski definition) is 4. The van der Waals surface area contributed by atoms with E-state index in [1.165, 1.54) is 18.2 Å². The second-order valence-electron chi connectivity index (χ2n) is 3.45. The number of carbonyl (C=O) groups is 1. The number of aliphatic hydroxyl groups is 2. The molecule has 0 spiro atoms. The van der Waals surface area contributed by atoms with Gasteiger partial charge in [0.2, 0.25) is 0 Å². The smallest absolute Gasteiger partial charge is 0.320 e. The van der Waals surface area contributed by atoms with Gasteiger partial charge in [-0.15, -0.1) is 0 Å². The Morgan fingerprint density at radius 2 is 2.36 bits per heavy atom. The van der Waals surface area contributed by atoms with Gasteiger partial charge in [-0.2, -0.15) is 0 Å². The van der Waals surface area contributed by atoms with Gasteiger partial charge in [-0.1, -0.05) is 12.2 Å². The van der Waals surface area contributed by atoms with Crippen LogP contribution in [-0.4, -0.2) is 32.9 Å². The summed E-state index contributed by atoms with van der Waals surface area (Å²) in [7, 11) is 0. The molecule has 0 radical (unpaired) electrons. The van der Waals surface area contributed by atoms with Gasteiger partial charge in [-0.3, -0.25) is 4.79 Å². The lowest BCUT2D eigenvalue weighted by atomic mass is 9.88. The Morgan fingerprint density at radius 3 is 2.86 bits per heavy atom. The van der Waals surface area contributed by atoms with E-state index in [4.69, 9.17) is 15.9 Å². The molecule has 0 aromatic heterocycles. The summed E-state index contributed by atoms with van der Waals surface area (Å²) in [6.45, 7) is 0. The number of carboxylic acids is 1. The van der Waals surface area contributed by atoms with Crippen LogP contribution in [0.15, 0.2) is 24.0 Å². The standard InChI is InChI=1S/C9H13NO4/c10-7(8(12)13)5-9(14)3-1-2-6(11)4-9/h1-3,7,11,14H,4-5,10H2,(H,12,13)/t7-,9?/m0/s1. The first-order valence-electron chi connectivity index (χ1n) is 4.21. The zero-order chi connectivity index (χ0) is 10.8. The topological polar surface area (TPSA) is 104 Å². The maximum Gasteiger partial charge on any atom is 0.320 e. The van der Waals surface area contributed by atoms with Gasteiger partial charge in [0.25, 0.3) is 0 Å². The Kier molecular flexibility index (Phi) is 2.93. The number of nitrogens with two attached hydrogens (primary N) is 1. The lowest BCUT2D eigenvalue weighted by Crippen LogP contribution is -2.41. The maximum absolute atomic E-state index is 10.5. The molecule has 0 saturated carbocycles. The van der Waals surface area contributed by atoms with Gasteiger partial charge in [-0.05, 0) is 6.08 Å². The molecule has 0 saturated heterocycles. The van der Waals surface area contributed by atoms with Crippen LogP contribution < -0.4 is 5.73 Å². The predicted molar refractivity (Wildman–Crippen MR) is 49.6 cm³/mol. The van der Waals surface area contributed by atoms with E-state index < -0.39 is 17.6 Å². The number of carboxylic acid groups (broad SMARTS) is 1. The van der Waals surface area contributed by atoms with E-state index in [0.29, 0.717) is 0 Å². The van der Waals surface area contributed by atoms with Crippen molar-refractivity contribution in [3.8, 4) is 0 Å². The highest BCUT2D eigenvalue weighted by Crippen LogP contribution is 2.25. The summed E-state index contributed by atoms with van der Waals surface area (Å²) in [5.74, 6) is -1.14. The van der Waals surface area contributed by atoms with E-state index in [1.807, 2.05) is 0 Å². The highest BCUT2D eigenvalue weighted by Gasteiger charge is 2.31. The van der Waals surface area contributed by atoms with Crippen molar-refractivity contribution in [3.05, 3.63) is 24.0 Å². The van der Waals surface area contributed by atoms with Crippen molar-refractivity contribution in [2.24, 2.45) is 5.73 Å². The van der Waals surface area contributed by atoms with E-state index >= 15 is 0 Å². The molecule has 5 nitrogen and oxygen atoms in total. The molecule has 0 heterocycles. The average Bonchev–Trinajstić information content (AvgIpc) is 2.02. The van der Waals surface area contributed by atoms with E-state index in [2.05, 4.69) is 0 Å². The summed E-state index contributed by atoms with van der Waals surface area (Å²) in [5, 5.41) is 27.5. The molecule has 0 bridgehead atoms. The van der Waals surface area contributed by atoms with Crippen molar-refractivity contribution >= 4 is 5.97 Å². The summed E-state index contributed by atoms with van der Waals surface area (Å²) in [5.41, 5.74) is 3.93. The van der Waals surface area contributed by atoms with Crippen LogP contribution in [0.5, 0.6) is 0 Å². The number of aliphatic hydroxyl groups excluding tert-OH is 1. The van der Waals surface area contributed by atoms with Gasteiger partial charge in [0, 0.05) is 12.8 Å². The SMILES string of the molecule is N[C@@H](CC1(O)C=CC=C(O)C1)C(=O)O. The van der Waals surface area contributed by atoms with Crippen molar-refractivity contribution in [2.75, 3.05) is 0 Å². The quantitative estimate of drug-likeness (QED) is 0.509. The molecule has 14 heavy (non-hydrogen) atoms. The van der Waals surface area contributed by atoms with Gasteiger partial charge >= 0.3 is 5.97 Å². The Labute approximate surface area is 81.2 Å². The molecule has 5 N–H and O–H groups in total. The third kappa shape index (κ3) is 2.58. The van der Waals surface area contributed by atoms with E-state index in [-0.39, 0.29) is 18.6 Å². The van der Waals surface area contributed by atoms with Crippen LogP contribution in [0.25, 0.3) is 0 Å². The minimum atomic E-state index is -1.35. The van der Waals surface area contributed by atoms with Gasteiger partial charge in [-0.25, -0.2) is 0 Å². The molecule has 5 heteroatoms. The van der Waals surface area contributed by atoms with E-state index in [1.54, 1.807) is 0 Å². The van der Waals surface area contributed by atoms with Crippen molar-refractivity contribution in [1.82, 2.24) is 0 Å². The van der Waals surface area contributed by atoms with Crippen molar-refractivity contribution in [2.45, 2.75) is 24.5 Å². The number of allylic oxidation sites excluding steroid dienone is 2. The molecule has 78 valence electrons. The van der Waals surface area contributed by atoms with Crippen molar-refractivity contribution in [1.29, 1.82) is 0 Å². The maximum atomic E-state index is 10.5. The molecule has 1 aliphatic carbocycles. The minimum Gasteiger partial charge on any atom is -0.512 e. The zero-order valence-corrected chi connectivity index (χ0v) is 7.55. The molecule has 0 aromatic rings. The highest BCUT2D eigenvalue weighted by molar-refractivity contribution is 5.73. The first-order chi connectivity index (χ1) is 6.43. The molecule has 0 aromatic carbocycles. The van der Waals surface area contributed by atoms with Crippen LogP contribution in [0.1, 0.15) is 12.8 Å². The summed E-state index contributed by atoms with van der Waals surface area (Å²) < 4.78 is 0. The van der Waals surface area contributed by atoms with Crippen LogP contribution in [0.4, 0.5) is 0 Å². The first-order valence-corrected chi connectivity index (χ1v) is 4.21. The number of aliphatic carboxylic acids is 1. The monoisotopic (exact) mass is 199 g/mol. The molecule has 1 aliphatic rings. The summed E-state index contributed by atoms with van der Waals surface area (Å²) in [4.78, 5) is 10.5. The molecule has 1 rings (SSSR count). The highest BCUT2D eigenvalue weighted by atomic mass is 16.4. The first kappa shape index (κ1) is 10.7. The zero-order valence-electron chi connectivity index (χ0n) is 7.55. The van der Waals surface area contributed by atoms with Crippen LogP contribution in [0.2, 0.25) is 0 Å². The lowest BCUT2D eigenvalue weighted by Gasteiger charge is -2.27. The molecular weight excluding hydrogens is 186 g/mol. The number of rotatable bonds is 3. The minimum absolute atomic E-state index is 0.00444. The number of hydrogen-bond donors (Lipinski definition) is 4. The molecule has 0 fully saturated rings. The van der Waals surface area contributed by atoms with Crippen molar-refractivity contribution in [3.63, 3.8) is 0 Å². The second kappa shape index (κ2) is 3.81. The lowest BCUT2D eigenvalue weighted by molar-refractivity contribution is -0.139. The fraction of sp³-hybridized carbons (Fsp3) is 0.444. The predicted octanol–water partition coefficient (Wildman–Crippen LogP) is -0.0787. The fourth-order valence-corrected chi connectivity index (χ4v) is 1.38. The van der Waals surface area contributed by atoms with Crippen LogP contribution in [0.3, 0.4) is 0 Å². The van der Waals surface area contributed by atoms with Gasteiger partial charge in [0.05, 0.1) is 11.4 Å². The Balaban J connectivity index is 2.64. The molecule has 2 atom stereocenters. The van der Waals surface area contributed by atoms with E-state index in [9.17, 15) is 9.90 Å². The van der Waals surface area contributed by atoms with Crippen molar-refractivity contribution < 1.29 is 20.1 Å². The van der Waals surface area contributed by atoms with Crippen LogP contribution in [0, 0.1) is 0 Å². The third-order valence-electron chi connectivity index (χ3n) is 2.07. The Hall–Kier alpha value is -1.33. The van der Waals surface area contributed by atoms with Crippen LogP contribution in [-0.2, 0) is 4.79 Å². The van der Waals surface area contributed by atoms with Gasteiger partial charge in [0.1, 0.15) is 6.04 Å². The van der Waals surface area contributed by atoms with Gasteiger partial charge in [0.15, 0.2) is 0 Å².